The summed E-state index contributed by atoms with van der Waals surface area (Å²) >= 11 is 3.60. The zero-order valence-electron chi connectivity index (χ0n) is 5.62. The highest BCUT2D eigenvalue weighted by Crippen LogP contribution is 2.26. The third-order valence-corrected chi connectivity index (χ3v) is 1.84. The molecule has 0 saturated carbocycles. The molecule has 1 aromatic rings. The van der Waals surface area contributed by atoms with Crippen LogP contribution in [0.15, 0.2) is 0 Å². The Balaban J connectivity index is 0. The Morgan fingerprint density at radius 2 is 0.923 bits per heavy atom. The molecule has 0 unspecified atom stereocenters. The van der Waals surface area contributed by atoms with Crippen LogP contribution in [0.25, 0.3) is 0 Å². The van der Waals surface area contributed by atoms with E-state index in [0.717, 1.165) is 0 Å². The lowest BCUT2D eigenvalue weighted by molar-refractivity contribution is 0.275. The van der Waals surface area contributed by atoms with Gasteiger partial charge in [0, 0.05) is 28.0 Å². The molecule has 6 N–H and O–H groups in total. The van der Waals surface area contributed by atoms with E-state index in [0.29, 0.717) is 0 Å². The SMILES string of the molecule is O=P(O)(O)O.OP(O)(O)=S.s1ss1. The smallest absolute Gasteiger partial charge is 0.325 e. The maximum atomic E-state index is 8.88. The fourth-order valence-corrected chi connectivity index (χ4v) is 0. The largest absolute Gasteiger partial charge is 0.466 e. The van der Waals surface area contributed by atoms with Crippen LogP contribution in [0, 0.1) is 0 Å². The van der Waals surface area contributed by atoms with Crippen LogP contribution < -0.4 is 0 Å². The molecule has 0 fully saturated rings. The highest BCUT2D eigenvalue weighted by atomic mass is 33.7. The first-order valence-corrected chi connectivity index (χ1v) is 10.3. The van der Waals surface area contributed by atoms with Crippen LogP contribution in [0.2, 0.25) is 0 Å². The van der Waals surface area contributed by atoms with Crippen LogP contribution >= 0.6 is 42.6 Å². The van der Waals surface area contributed by atoms with Crippen molar-refractivity contribution in [2.75, 3.05) is 0 Å². The molecule has 82 valence electrons. The van der Waals surface area contributed by atoms with Gasteiger partial charge in [0.2, 0.25) is 0 Å². The van der Waals surface area contributed by atoms with Crippen LogP contribution in [0.1, 0.15) is 0 Å². The third-order valence-electron chi connectivity index (χ3n) is 0.0680. The molecule has 13 heavy (non-hydrogen) atoms. The van der Waals surface area contributed by atoms with Gasteiger partial charge in [0.1, 0.15) is 0 Å². The van der Waals surface area contributed by atoms with E-state index < -0.39 is 14.5 Å². The van der Waals surface area contributed by atoms with E-state index in [-0.39, 0.29) is 0 Å². The van der Waals surface area contributed by atoms with Gasteiger partial charge in [-0.05, 0) is 11.8 Å². The Morgan fingerprint density at radius 3 is 0.923 bits per heavy atom. The summed E-state index contributed by atoms with van der Waals surface area (Å²) in [5.74, 6) is 0. The maximum Gasteiger partial charge on any atom is 0.466 e. The molecule has 1 rings (SSSR count). The molecule has 0 bridgehead atoms. The van der Waals surface area contributed by atoms with Crippen molar-refractivity contribution in [1.82, 2.24) is 0 Å². The maximum absolute atomic E-state index is 8.88. The van der Waals surface area contributed by atoms with Gasteiger partial charge in [0.15, 0.2) is 0 Å². The normalized spacial score (nSPS) is 10.9. The lowest BCUT2D eigenvalue weighted by Crippen LogP contribution is -1.66. The monoisotopic (exact) mass is 308 g/mol. The summed E-state index contributed by atoms with van der Waals surface area (Å²) in [5, 5.41) is 0. The fraction of sp³-hybridized carbons (Fsp3) is 0. The van der Waals surface area contributed by atoms with Crippen LogP contribution in [0.4, 0.5) is 0 Å². The van der Waals surface area contributed by atoms with Crippen molar-refractivity contribution in [2.45, 2.75) is 0 Å². The number of hydrogen-bond donors (Lipinski definition) is 6. The molecule has 0 atom stereocenters. The van der Waals surface area contributed by atoms with Gasteiger partial charge in [-0.2, -0.15) is 0 Å². The van der Waals surface area contributed by atoms with Crippen molar-refractivity contribution >= 4 is 54.4 Å². The second-order valence-corrected chi connectivity index (χ2v) is 10.1. The van der Waals surface area contributed by atoms with E-state index in [1.165, 1.54) is 0 Å². The van der Waals surface area contributed by atoms with E-state index in [1.54, 1.807) is 0 Å². The van der Waals surface area contributed by atoms with E-state index >= 15 is 0 Å². The Kier molecular flexibility index (Phi) is 9.74. The molecule has 0 saturated heterocycles. The average molecular weight is 308 g/mol. The van der Waals surface area contributed by atoms with E-state index in [2.05, 4.69) is 11.8 Å². The van der Waals surface area contributed by atoms with E-state index in [9.17, 15) is 0 Å². The summed E-state index contributed by atoms with van der Waals surface area (Å²) < 4.78 is 8.88. The average Bonchev–Trinajstić information content (AvgIpc) is 2.26. The Labute approximate surface area is 88.2 Å². The quantitative estimate of drug-likeness (QED) is 0.294. The van der Waals surface area contributed by atoms with Gasteiger partial charge in [-0.1, -0.05) is 0 Å². The topological polar surface area (TPSA) is 138 Å². The second-order valence-electron chi connectivity index (χ2n) is 1.23. The van der Waals surface area contributed by atoms with Gasteiger partial charge in [0.05, 0.1) is 0 Å². The molecule has 0 amide bonds. The lowest BCUT2D eigenvalue weighted by Gasteiger charge is -1.88. The standard InChI is InChI=1S/H3O4P.H3O3PS.S3/c1-5(2,3)4;1-4(2,3)5;1-2-3-1/h(H3,1,2,3,4);(H3,1,2,3,5);. The van der Waals surface area contributed by atoms with Crippen molar-refractivity contribution in [3.05, 3.63) is 0 Å². The molecule has 0 aliphatic carbocycles. The van der Waals surface area contributed by atoms with E-state index in [4.69, 9.17) is 33.9 Å². The molecular formula is H6O7P2S4. The highest BCUT2D eigenvalue weighted by molar-refractivity contribution is 8.32. The summed E-state index contributed by atoms with van der Waals surface area (Å²) in [7, 11) is 0.861. The third kappa shape index (κ3) is 321. The summed E-state index contributed by atoms with van der Waals surface area (Å²) in [4.78, 5) is 44.2. The molecule has 7 nitrogen and oxygen atoms in total. The minimum atomic E-state index is -4.64. The van der Waals surface area contributed by atoms with Crippen LogP contribution in [-0.2, 0) is 16.4 Å². The number of phosphoric acid groups is 1. The van der Waals surface area contributed by atoms with Gasteiger partial charge in [-0.3, -0.25) is 0 Å². The predicted molar refractivity (Wildman–Crippen MR) is 55.3 cm³/mol. The van der Waals surface area contributed by atoms with Gasteiger partial charge in [-0.25, -0.2) is 4.57 Å². The summed E-state index contributed by atoms with van der Waals surface area (Å²) in [5.41, 5.74) is 0. The molecule has 0 aliphatic rings. The van der Waals surface area contributed by atoms with Crippen molar-refractivity contribution in [2.24, 2.45) is 0 Å². The molecule has 0 aliphatic heterocycles. The summed E-state index contributed by atoms with van der Waals surface area (Å²) in [6.45, 7) is -3.81. The molecule has 13 heteroatoms. The van der Waals surface area contributed by atoms with Crippen molar-refractivity contribution in [3.8, 4) is 0 Å². The van der Waals surface area contributed by atoms with Gasteiger partial charge in [-0.15, -0.1) is 0 Å². The second kappa shape index (κ2) is 7.57. The lowest BCUT2D eigenvalue weighted by atomic mass is 15.8. The summed E-state index contributed by atoms with van der Waals surface area (Å²) in [6, 6.07) is 0. The number of rotatable bonds is 0. The molecule has 1 heterocycles. The first-order chi connectivity index (χ1) is 5.50. The van der Waals surface area contributed by atoms with Crippen LogP contribution in [0.3, 0.4) is 0 Å². The molecule has 0 aromatic carbocycles. The van der Waals surface area contributed by atoms with E-state index in [1.807, 2.05) is 28.0 Å². The minimum Gasteiger partial charge on any atom is -0.325 e. The van der Waals surface area contributed by atoms with Crippen molar-refractivity contribution < 1.29 is 33.9 Å². The van der Waals surface area contributed by atoms with Gasteiger partial charge in [0.25, 0.3) is 0 Å². The zero-order chi connectivity index (χ0) is 11.1. The van der Waals surface area contributed by atoms with Crippen LogP contribution in [-0.4, -0.2) is 29.4 Å². The number of hydrogen-bond acceptors (Lipinski definition) is 5. The van der Waals surface area contributed by atoms with Crippen molar-refractivity contribution in [1.29, 1.82) is 0 Å². The molecule has 1 aromatic heterocycles. The van der Waals surface area contributed by atoms with Crippen molar-refractivity contribution in [3.63, 3.8) is 0 Å². The van der Waals surface area contributed by atoms with Gasteiger partial charge >= 0.3 is 14.5 Å². The Hall–Kier alpha value is 1.30. The minimum absolute atomic E-state index is 1.83. The first-order valence-electron chi connectivity index (χ1n) is 2.07. The Morgan fingerprint density at radius 1 is 0.846 bits per heavy atom. The first kappa shape index (κ1) is 16.7. The highest BCUT2D eigenvalue weighted by Gasteiger charge is 2.00. The fourth-order valence-electron chi connectivity index (χ4n) is 0. The predicted octanol–water partition coefficient (Wildman–Crippen LogP) is 0.130. The zero-order valence-corrected chi connectivity index (χ0v) is 10.7. The van der Waals surface area contributed by atoms with Crippen LogP contribution in [0.5, 0.6) is 0 Å². The summed E-state index contributed by atoms with van der Waals surface area (Å²) in [6.07, 6.45) is 0. The Bertz CT molecular complexity index is 207. The van der Waals surface area contributed by atoms with Gasteiger partial charge < -0.3 is 29.4 Å². The molecular weight excluding hydrogens is 302 g/mol. The molecule has 0 radical (unpaired) electrons. The molecule has 0 spiro atoms.